The van der Waals surface area contributed by atoms with Crippen LogP contribution in [0.1, 0.15) is 31.2 Å². The molecular weight excluding hydrogens is 408 g/mol. The van der Waals surface area contributed by atoms with E-state index in [0.29, 0.717) is 6.54 Å². The number of aromatic nitrogens is 2. The molecule has 10 nitrogen and oxygen atoms in total. The largest absolute Gasteiger partial charge is 0.383 e. The molecule has 12 heteroatoms. The molecule has 1 amide bonds. The highest BCUT2D eigenvalue weighted by Gasteiger charge is 2.28. The van der Waals surface area contributed by atoms with Gasteiger partial charge in [-0.15, -0.1) is 0 Å². The average Bonchev–Trinajstić information content (AvgIpc) is 2.72. The molecule has 1 aliphatic rings. The predicted octanol–water partition coefficient (Wildman–Crippen LogP) is 1.72. The third-order valence-corrected chi connectivity index (χ3v) is 4.73. The molecule has 1 aromatic heterocycles. The molecule has 0 aromatic carbocycles. The van der Waals surface area contributed by atoms with Crippen molar-refractivity contribution < 1.29 is 13.6 Å². The van der Waals surface area contributed by atoms with Gasteiger partial charge in [-0.1, -0.05) is 6.58 Å². The number of alkyl halides is 2. The monoisotopic (exact) mass is 435 g/mol. The molecule has 31 heavy (non-hydrogen) atoms. The number of likely N-dealkylation sites (tertiary alicyclic amines) is 1. The molecule has 1 unspecified atom stereocenters. The van der Waals surface area contributed by atoms with Crippen molar-refractivity contribution in [2.45, 2.75) is 38.2 Å². The molecule has 1 aromatic rings. The molecule has 8 N–H and O–H groups in total. The molecule has 0 radical (unpaired) electrons. The van der Waals surface area contributed by atoms with E-state index in [4.69, 9.17) is 22.3 Å². The molecule has 0 bridgehead atoms. The van der Waals surface area contributed by atoms with E-state index in [2.05, 4.69) is 27.2 Å². The van der Waals surface area contributed by atoms with Gasteiger partial charge in [0.05, 0.1) is 17.8 Å². The van der Waals surface area contributed by atoms with E-state index in [-0.39, 0.29) is 52.9 Å². The standard InChI is InChI=1S/C19H27F2N9O/c1-2-15(31)30-6-4-3-5-12(30)7-13(23)16-17(24)28-19(29-18(16)25)27-11(8-22)9-26-10-14(20)21/h2,8-9,12,14,22-23,26H,1,3-7,10H2,(H5,24,25,27,28,29)/b11-9+,22-8?,23-13?. The van der Waals surface area contributed by atoms with Crippen molar-refractivity contribution in [2.24, 2.45) is 0 Å². The summed E-state index contributed by atoms with van der Waals surface area (Å²) in [5.74, 6) is -0.300. The third-order valence-electron chi connectivity index (χ3n) is 4.73. The Morgan fingerprint density at radius 1 is 1.32 bits per heavy atom. The van der Waals surface area contributed by atoms with Gasteiger partial charge in [0.1, 0.15) is 11.6 Å². The van der Waals surface area contributed by atoms with Crippen LogP contribution in [-0.2, 0) is 4.79 Å². The number of allylic oxidation sites excluding steroid dienone is 1. The lowest BCUT2D eigenvalue weighted by Crippen LogP contribution is -2.44. The summed E-state index contributed by atoms with van der Waals surface area (Å²) in [6, 6.07) is -0.170. The molecule has 1 saturated heterocycles. The van der Waals surface area contributed by atoms with Crippen LogP contribution in [0.15, 0.2) is 24.6 Å². The number of halogens is 2. The lowest BCUT2D eigenvalue weighted by atomic mass is 9.94. The number of rotatable bonds is 10. The average molecular weight is 435 g/mol. The minimum Gasteiger partial charge on any atom is -0.383 e. The Morgan fingerprint density at radius 3 is 2.58 bits per heavy atom. The summed E-state index contributed by atoms with van der Waals surface area (Å²) < 4.78 is 24.5. The smallest absolute Gasteiger partial charge is 0.255 e. The first-order valence-corrected chi connectivity index (χ1v) is 9.69. The summed E-state index contributed by atoms with van der Waals surface area (Å²) in [5, 5.41) is 20.8. The van der Waals surface area contributed by atoms with Gasteiger partial charge in [0, 0.05) is 37.1 Å². The second-order valence-corrected chi connectivity index (χ2v) is 6.93. The zero-order valence-corrected chi connectivity index (χ0v) is 17.0. The molecule has 0 aliphatic carbocycles. The summed E-state index contributed by atoms with van der Waals surface area (Å²) in [6.07, 6.45) is 3.62. The molecule has 1 atom stereocenters. The minimum absolute atomic E-state index is 0.0396. The number of carbonyl (C=O) groups is 1. The maximum absolute atomic E-state index is 12.2. The Kier molecular flexibility index (Phi) is 8.41. The number of hydrogen-bond donors (Lipinski definition) is 6. The first-order chi connectivity index (χ1) is 14.8. The fourth-order valence-corrected chi connectivity index (χ4v) is 3.32. The summed E-state index contributed by atoms with van der Waals surface area (Å²) >= 11 is 0. The number of hydrogen-bond acceptors (Lipinski definition) is 9. The predicted molar refractivity (Wildman–Crippen MR) is 116 cm³/mol. The van der Waals surface area contributed by atoms with E-state index in [1.807, 2.05) is 0 Å². The van der Waals surface area contributed by atoms with Gasteiger partial charge in [-0.3, -0.25) is 4.79 Å². The molecule has 2 rings (SSSR count). The van der Waals surface area contributed by atoms with Crippen molar-refractivity contribution in [1.82, 2.24) is 20.2 Å². The van der Waals surface area contributed by atoms with Crippen LogP contribution in [0.4, 0.5) is 26.4 Å². The number of anilines is 3. The number of piperidine rings is 1. The minimum atomic E-state index is -2.54. The lowest BCUT2D eigenvalue weighted by Gasteiger charge is -2.35. The maximum atomic E-state index is 12.2. The molecule has 1 fully saturated rings. The highest BCUT2D eigenvalue weighted by atomic mass is 19.3. The van der Waals surface area contributed by atoms with Crippen LogP contribution >= 0.6 is 0 Å². The van der Waals surface area contributed by atoms with Gasteiger partial charge in [-0.2, -0.15) is 9.97 Å². The second-order valence-electron chi connectivity index (χ2n) is 6.93. The maximum Gasteiger partial charge on any atom is 0.255 e. The SMILES string of the molecule is C=CC(=O)N1CCCCC1CC(=N)c1c(N)nc(N/C(C=N)=C/NCC(F)F)nc1N. The van der Waals surface area contributed by atoms with E-state index >= 15 is 0 Å². The second kappa shape index (κ2) is 11.0. The number of amides is 1. The van der Waals surface area contributed by atoms with E-state index < -0.39 is 13.0 Å². The van der Waals surface area contributed by atoms with Crippen molar-refractivity contribution in [1.29, 1.82) is 10.8 Å². The number of nitrogen functional groups attached to an aromatic ring is 2. The van der Waals surface area contributed by atoms with Crippen LogP contribution in [0.25, 0.3) is 0 Å². The number of carbonyl (C=O) groups excluding carboxylic acids is 1. The van der Waals surface area contributed by atoms with Crippen LogP contribution in [0.2, 0.25) is 0 Å². The Balaban J connectivity index is 2.15. The molecule has 2 heterocycles. The van der Waals surface area contributed by atoms with Crippen LogP contribution in [0.3, 0.4) is 0 Å². The molecule has 1 aliphatic heterocycles. The quantitative estimate of drug-likeness (QED) is 0.240. The number of nitrogens with two attached hydrogens (primary N) is 2. The topological polar surface area (TPSA) is 170 Å². The lowest BCUT2D eigenvalue weighted by molar-refractivity contribution is -0.129. The highest BCUT2D eigenvalue weighted by Crippen LogP contribution is 2.25. The fraction of sp³-hybridized carbons (Fsp3) is 0.421. The van der Waals surface area contributed by atoms with Crippen molar-refractivity contribution in [3.8, 4) is 0 Å². The molecular formula is C19H27F2N9O. The van der Waals surface area contributed by atoms with Gasteiger partial charge >= 0.3 is 0 Å². The Bertz CT molecular complexity index is 849. The summed E-state index contributed by atoms with van der Waals surface area (Å²) in [7, 11) is 0. The zero-order valence-electron chi connectivity index (χ0n) is 17.0. The number of nitrogens with one attached hydrogen (secondary N) is 4. The van der Waals surface area contributed by atoms with Crippen LogP contribution in [-0.4, -0.2) is 58.3 Å². The van der Waals surface area contributed by atoms with Crippen molar-refractivity contribution in [3.05, 3.63) is 30.1 Å². The summed E-state index contributed by atoms with van der Waals surface area (Å²) in [5.41, 5.74) is 12.4. The van der Waals surface area contributed by atoms with Gasteiger partial charge in [0.25, 0.3) is 6.43 Å². The molecule has 168 valence electrons. The van der Waals surface area contributed by atoms with Crippen LogP contribution in [0.5, 0.6) is 0 Å². The number of nitrogens with zero attached hydrogens (tertiary/aromatic N) is 3. The normalized spacial score (nSPS) is 16.7. The van der Waals surface area contributed by atoms with Crippen molar-refractivity contribution in [3.63, 3.8) is 0 Å². The molecule has 0 spiro atoms. The van der Waals surface area contributed by atoms with E-state index in [9.17, 15) is 13.6 Å². The summed E-state index contributed by atoms with van der Waals surface area (Å²) in [4.78, 5) is 21.9. The van der Waals surface area contributed by atoms with Gasteiger partial charge < -0.3 is 37.8 Å². The van der Waals surface area contributed by atoms with Crippen LogP contribution in [0, 0.1) is 10.8 Å². The summed E-state index contributed by atoms with van der Waals surface area (Å²) in [6.45, 7) is 3.56. The Labute approximate surface area is 178 Å². The van der Waals surface area contributed by atoms with Crippen molar-refractivity contribution in [2.75, 3.05) is 29.9 Å². The van der Waals surface area contributed by atoms with Gasteiger partial charge in [0.2, 0.25) is 11.9 Å². The highest BCUT2D eigenvalue weighted by molar-refractivity contribution is 6.06. The van der Waals surface area contributed by atoms with Gasteiger partial charge in [-0.25, -0.2) is 8.78 Å². The first-order valence-electron chi connectivity index (χ1n) is 9.69. The Morgan fingerprint density at radius 2 is 2.00 bits per heavy atom. The molecule has 0 saturated carbocycles. The van der Waals surface area contributed by atoms with Gasteiger partial charge in [0.15, 0.2) is 0 Å². The third kappa shape index (κ3) is 6.46. The Hall–Kier alpha value is -3.57. The van der Waals surface area contributed by atoms with Crippen LogP contribution < -0.4 is 22.1 Å². The zero-order chi connectivity index (χ0) is 23.0. The first kappa shape index (κ1) is 23.7. The van der Waals surface area contributed by atoms with Crippen molar-refractivity contribution >= 4 is 35.4 Å². The fourth-order valence-electron chi connectivity index (χ4n) is 3.32. The van der Waals surface area contributed by atoms with E-state index in [1.165, 1.54) is 12.3 Å². The van der Waals surface area contributed by atoms with E-state index in [0.717, 1.165) is 25.5 Å². The van der Waals surface area contributed by atoms with Gasteiger partial charge in [-0.05, 0) is 25.3 Å². The van der Waals surface area contributed by atoms with E-state index in [1.54, 1.807) is 4.90 Å².